The highest BCUT2D eigenvalue weighted by Gasteiger charge is 2.29. The average Bonchev–Trinajstić information content (AvgIpc) is 2.65. The van der Waals surface area contributed by atoms with Gasteiger partial charge in [0.05, 0.1) is 18.2 Å². The summed E-state index contributed by atoms with van der Waals surface area (Å²) in [5, 5.41) is 3.18. The molecule has 150 valence electrons. The molecule has 0 aliphatic rings. The minimum atomic E-state index is -4.43. The van der Waals surface area contributed by atoms with E-state index in [0.717, 1.165) is 12.1 Å². The number of benzene rings is 2. The first-order chi connectivity index (χ1) is 13.1. The molecule has 2 aromatic rings. The average molecular weight is 396 g/mol. The number of nitrogens with two attached hydrogens (primary N) is 2. The number of hydrogen-bond acceptors (Lipinski definition) is 5. The highest BCUT2D eigenvalue weighted by molar-refractivity contribution is 6.00. The van der Waals surface area contributed by atoms with E-state index in [2.05, 4.69) is 5.32 Å². The first-order valence-corrected chi connectivity index (χ1v) is 8.04. The summed E-state index contributed by atoms with van der Waals surface area (Å²) in [5.41, 5.74) is 5.72. The second-order valence-corrected chi connectivity index (χ2v) is 5.86. The van der Waals surface area contributed by atoms with Crippen LogP contribution in [0.2, 0.25) is 0 Å². The number of nitrogen functional groups attached to an aromatic ring is 1. The largest absolute Gasteiger partial charge is 0.497 e. The summed E-state index contributed by atoms with van der Waals surface area (Å²) in [6, 6.07) is 8.77. The molecule has 0 aromatic heterocycles. The zero-order valence-corrected chi connectivity index (χ0v) is 14.9. The Morgan fingerprint density at radius 1 is 1.14 bits per heavy atom. The van der Waals surface area contributed by atoms with Crippen LogP contribution in [0, 0.1) is 0 Å². The summed E-state index contributed by atoms with van der Waals surface area (Å²) >= 11 is 0. The third-order valence-electron chi connectivity index (χ3n) is 3.83. The van der Waals surface area contributed by atoms with Crippen molar-refractivity contribution in [3.63, 3.8) is 0 Å². The lowest BCUT2D eigenvalue weighted by Gasteiger charge is -2.17. The number of halogens is 3. The van der Waals surface area contributed by atoms with E-state index in [1.165, 1.54) is 37.4 Å². The maximum atomic E-state index is 12.5. The topological polar surface area (TPSA) is 111 Å². The first-order valence-electron chi connectivity index (χ1n) is 8.04. The van der Waals surface area contributed by atoms with Gasteiger partial charge in [0.25, 0.3) is 5.91 Å². The summed E-state index contributed by atoms with van der Waals surface area (Å²) in [6.07, 6.45) is -4.43. The molecule has 0 bridgehead atoms. The van der Waals surface area contributed by atoms with E-state index < -0.39 is 30.1 Å². The van der Waals surface area contributed by atoms with Crippen molar-refractivity contribution in [1.82, 2.24) is 10.3 Å². The first kappa shape index (κ1) is 21.0. The maximum Gasteiger partial charge on any atom is 0.416 e. The molecule has 0 spiro atoms. The van der Waals surface area contributed by atoms with Gasteiger partial charge in [0, 0.05) is 18.3 Å². The number of carbonyl (C=O) groups excluding carboxylic acids is 2. The Hall–Kier alpha value is -3.27. The summed E-state index contributed by atoms with van der Waals surface area (Å²) in [6.45, 7) is -0.464. The van der Waals surface area contributed by atoms with Crippen LogP contribution in [0.4, 0.5) is 18.9 Å². The van der Waals surface area contributed by atoms with E-state index in [4.69, 9.17) is 16.3 Å². The molecule has 0 aliphatic carbocycles. The third kappa shape index (κ3) is 5.36. The van der Waals surface area contributed by atoms with Crippen molar-refractivity contribution in [2.24, 2.45) is 5.84 Å². The number of amides is 2. The van der Waals surface area contributed by atoms with Crippen LogP contribution in [0.15, 0.2) is 42.5 Å². The number of anilines is 1. The number of hydrazine groups is 1. The summed E-state index contributed by atoms with van der Waals surface area (Å²) in [7, 11) is 1.45. The number of ether oxygens (including phenoxy) is 1. The molecule has 7 nitrogen and oxygen atoms in total. The Morgan fingerprint density at radius 3 is 2.32 bits per heavy atom. The van der Waals surface area contributed by atoms with E-state index in [-0.39, 0.29) is 17.8 Å². The van der Waals surface area contributed by atoms with Crippen molar-refractivity contribution < 1.29 is 27.5 Å². The van der Waals surface area contributed by atoms with Crippen LogP contribution in [-0.4, -0.2) is 30.5 Å². The standard InChI is InChI=1S/C18H19F3N4O3/c1-28-13-6-7-14(15(22)8-13)17(27)25(23)10-16(26)24-9-11-2-4-12(5-3-11)18(19,20)21/h2-8H,9-10,22-23H2,1H3,(H,24,26). The van der Waals surface area contributed by atoms with Crippen LogP contribution in [0.5, 0.6) is 5.75 Å². The van der Waals surface area contributed by atoms with Gasteiger partial charge in [-0.15, -0.1) is 0 Å². The second kappa shape index (κ2) is 8.61. The summed E-state index contributed by atoms with van der Waals surface area (Å²) in [4.78, 5) is 24.3. The normalized spacial score (nSPS) is 11.0. The highest BCUT2D eigenvalue weighted by atomic mass is 19.4. The van der Waals surface area contributed by atoms with Gasteiger partial charge in [-0.25, -0.2) is 5.84 Å². The van der Waals surface area contributed by atoms with Crippen LogP contribution in [0.3, 0.4) is 0 Å². The molecule has 0 fully saturated rings. The lowest BCUT2D eigenvalue weighted by molar-refractivity contribution is -0.137. The van der Waals surface area contributed by atoms with Gasteiger partial charge in [0.1, 0.15) is 12.3 Å². The van der Waals surface area contributed by atoms with Gasteiger partial charge in [-0.1, -0.05) is 12.1 Å². The number of nitrogens with one attached hydrogen (secondary N) is 1. The van der Waals surface area contributed by atoms with E-state index in [0.29, 0.717) is 16.3 Å². The Bertz CT molecular complexity index is 854. The molecule has 5 N–H and O–H groups in total. The molecule has 0 saturated heterocycles. The molecular weight excluding hydrogens is 377 g/mol. The monoisotopic (exact) mass is 396 g/mol. The van der Waals surface area contributed by atoms with Gasteiger partial charge in [0.2, 0.25) is 5.91 Å². The number of methoxy groups -OCH3 is 1. The quantitative estimate of drug-likeness (QED) is 0.299. The van der Waals surface area contributed by atoms with Crippen molar-refractivity contribution in [3.05, 3.63) is 59.2 Å². The molecule has 2 amide bonds. The van der Waals surface area contributed by atoms with E-state index in [1.54, 1.807) is 0 Å². The van der Waals surface area contributed by atoms with Gasteiger partial charge in [-0.2, -0.15) is 13.2 Å². The van der Waals surface area contributed by atoms with Crippen molar-refractivity contribution in [2.75, 3.05) is 19.4 Å². The second-order valence-electron chi connectivity index (χ2n) is 5.86. The lowest BCUT2D eigenvalue weighted by Crippen LogP contribution is -2.45. The zero-order valence-electron chi connectivity index (χ0n) is 14.9. The number of rotatable bonds is 6. The van der Waals surface area contributed by atoms with E-state index in [9.17, 15) is 22.8 Å². The molecule has 0 saturated carbocycles. The maximum absolute atomic E-state index is 12.5. The molecule has 28 heavy (non-hydrogen) atoms. The Labute approximate surface area is 159 Å². The van der Waals surface area contributed by atoms with Crippen LogP contribution in [0.1, 0.15) is 21.5 Å². The van der Waals surface area contributed by atoms with Crippen LogP contribution in [-0.2, 0) is 17.5 Å². The molecule has 2 rings (SSSR count). The minimum Gasteiger partial charge on any atom is -0.497 e. The van der Waals surface area contributed by atoms with Crippen LogP contribution >= 0.6 is 0 Å². The number of alkyl halides is 3. The van der Waals surface area contributed by atoms with Crippen molar-refractivity contribution in [1.29, 1.82) is 0 Å². The fourth-order valence-electron chi connectivity index (χ4n) is 2.31. The van der Waals surface area contributed by atoms with Crippen molar-refractivity contribution in [2.45, 2.75) is 12.7 Å². The molecule has 0 atom stereocenters. The van der Waals surface area contributed by atoms with Gasteiger partial charge >= 0.3 is 6.18 Å². The van der Waals surface area contributed by atoms with E-state index in [1.807, 2.05) is 0 Å². The van der Waals surface area contributed by atoms with Gasteiger partial charge < -0.3 is 15.8 Å². The summed E-state index contributed by atoms with van der Waals surface area (Å²) in [5.74, 6) is 4.86. The van der Waals surface area contributed by atoms with Crippen molar-refractivity contribution in [3.8, 4) is 5.75 Å². The Morgan fingerprint density at radius 2 is 1.79 bits per heavy atom. The fraction of sp³-hybridized carbons (Fsp3) is 0.222. The van der Waals surface area contributed by atoms with Crippen LogP contribution in [0.25, 0.3) is 0 Å². The zero-order chi connectivity index (χ0) is 20.9. The molecule has 10 heteroatoms. The number of hydrogen-bond donors (Lipinski definition) is 3. The molecule has 0 aliphatic heterocycles. The number of carbonyl (C=O) groups is 2. The van der Waals surface area contributed by atoms with Crippen molar-refractivity contribution >= 4 is 17.5 Å². The lowest BCUT2D eigenvalue weighted by atomic mass is 10.1. The molecule has 0 unspecified atom stereocenters. The van der Waals surface area contributed by atoms with Crippen LogP contribution < -0.4 is 21.6 Å². The molecular formula is C18H19F3N4O3. The highest BCUT2D eigenvalue weighted by Crippen LogP contribution is 2.29. The van der Waals surface area contributed by atoms with E-state index >= 15 is 0 Å². The predicted octanol–water partition coefficient (Wildman–Crippen LogP) is 1.93. The SMILES string of the molecule is COc1ccc(C(=O)N(N)CC(=O)NCc2ccc(C(F)(F)F)cc2)c(N)c1. The van der Waals surface area contributed by atoms with Gasteiger partial charge in [0.15, 0.2) is 0 Å². The van der Waals surface area contributed by atoms with Gasteiger partial charge in [-0.05, 0) is 29.8 Å². The Kier molecular flexibility index (Phi) is 6.47. The smallest absolute Gasteiger partial charge is 0.416 e. The number of nitrogens with zero attached hydrogens (tertiary/aromatic N) is 1. The molecule has 0 heterocycles. The predicted molar refractivity (Wildman–Crippen MR) is 95.9 cm³/mol. The minimum absolute atomic E-state index is 0.0102. The fourth-order valence-corrected chi connectivity index (χ4v) is 2.31. The third-order valence-corrected chi connectivity index (χ3v) is 3.83. The molecule has 2 aromatic carbocycles. The Balaban J connectivity index is 1.91. The van der Waals surface area contributed by atoms with Gasteiger partial charge in [-0.3, -0.25) is 14.6 Å². The summed E-state index contributed by atoms with van der Waals surface area (Å²) < 4.78 is 42.6. The molecule has 0 radical (unpaired) electrons.